The van der Waals surface area contributed by atoms with Crippen molar-refractivity contribution in [2.75, 3.05) is 23.7 Å². The number of sulfonamides is 1. The van der Waals surface area contributed by atoms with Crippen LogP contribution in [0.15, 0.2) is 42.5 Å². The van der Waals surface area contributed by atoms with Gasteiger partial charge in [-0.05, 0) is 68.1 Å². The Morgan fingerprint density at radius 3 is 2.31 bits per heavy atom. The van der Waals surface area contributed by atoms with Crippen LogP contribution in [-0.2, 0) is 14.8 Å². The van der Waals surface area contributed by atoms with E-state index in [2.05, 4.69) is 5.32 Å². The van der Waals surface area contributed by atoms with E-state index in [0.29, 0.717) is 18.0 Å². The van der Waals surface area contributed by atoms with Crippen molar-refractivity contribution in [3.8, 4) is 5.75 Å². The van der Waals surface area contributed by atoms with Crippen molar-refractivity contribution in [3.63, 3.8) is 0 Å². The third-order valence-corrected chi connectivity index (χ3v) is 5.83. The van der Waals surface area contributed by atoms with Gasteiger partial charge in [0, 0.05) is 0 Å². The standard InChI is InChI=1S/C22H30N2O4S/c1-6-13-28-21-11-9-20(10-12-21)24(29(5,26)27)15-22(25)23-18(4)19-8-7-16(2)17(3)14-19/h7-12,14,18H,6,13,15H2,1-5H3,(H,23,25)/t18-/m0/s1. The van der Waals surface area contributed by atoms with Gasteiger partial charge in [-0.3, -0.25) is 9.10 Å². The Morgan fingerprint density at radius 1 is 1.10 bits per heavy atom. The number of hydrogen-bond donors (Lipinski definition) is 1. The molecule has 0 bridgehead atoms. The number of hydrogen-bond acceptors (Lipinski definition) is 4. The Balaban J connectivity index is 2.11. The van der Waals surface area contributed by atoms with E-state index < -0.39 is 10.0 Å². The van der Waals surface area contributed by atoms with Crippen molar-refractivity contribution in [2.45, 2.75) is 40.2 Å². The van der Waals surface area contributed by atoms with Gasteiger partial charge in [-0.1, -0.05) is 25.1 Å². The van der Waals surface area contributed by atoms with Crippen LogP contribution in [0.2, 0.25) is 0 Å². The van der Waals surface area contributed by atoms with Crippen LogP contribution < -0.4 is 14.4 Å². The first-order valence-corrected chi connectivity index (χ1v) is 11.5. The molecule has 0 spiro atoms. The highest BCUT2D eigenvalue weighted by Gasteiger charge is 2.22. The lowest BCUT2D eigenvalue weighted by Gasteiger charge is -2.23. The fourth-order valence-corrected chi connectivity index (χ4v) is 3.72. The maximum atomic E-state index is 12.6. The Hall–Kier alpha value is -2.54. The SMILES string of the molecule is CCCOc1ccc(N(CC(=O)N[C@@H](C)c2ccc(C)c(C)c2)S(C)(=O)=O)cc1. The minimum Gasteiger partial charge on any atom is -0.494 e. The van der Waals surface area contributed by atoms with Crippen LogP contribution in [0, 0.1) is 13.8 Å². The molecular weight excluding hydrogens is 388 g/mol. The lowest BCUT2D eigenvalue weighted by Crippen LogP contribution is -2.41. The number of benzene rings is 2. The molecule has 0 fully saturated rings. The second kappa shape index (κ2) is 9.78. The lowest BCUT2D eigenvalue weighted by atomic mass is 10.0. The predicted molar refractivity (Wildman–Crippen MR) is 117 cm³/mol. The summed E-state index contributed by atoms with van der Waals surface area (Å²) >= 11 is 0. The molecule has 0 heterocycles. The zero-order valence-electron chi connectivity index (χ0n) is 17.7. The molecule has 158 valence electrons. The van der Waals surface area contributed by atoms with Crippen molar-refractivity contribution in [3.05, 3.63) is 59.2 Å². The van der Waals surface area contributed by atoms with Gasteiger partial charge in [0.2, 0.25) is 15.9 Å². The fourth-order valence-electron chi connectivity index (χ4n) is 2.86. The van der Waals surface area contributed by atoms with E-state index in [1.807, 2.05) is 45.9 Å². The molecule has 0 aromatic heterocycles. The lowest BCUT2D eigenvalue weighted by molar-refractivity contribution is -0.120. The first kappa shape index (κ1) is 22.7. The van der Waals surface area contributed by atoms with Gasteiger partial charge >= 0.3 is 0 Å². The molecule has 7 heteroatoms. The molecule has 1 N–H and O–H groups in total. The van der Waals surface area contributed by atoms with E-state index in [1.165, 1.54) is 5.56 Å². The van der Waals surface area contributed by atoms with Crippen LogP contribution in [0.1, 0.15) is 43.0 Å². The number of carbonyl (C=O) groups excluding carboxylic acids is 1. The van der Waals surface area contributed by atoms with Gasteiger partial charge < -0.3 is 10.1 Å². The zero-order chi connectivity index (χ0) is 21.6. The van der Waals surface area contributed by atoms with Crippen LogP contribution in [-0.4, -0.2) is 33.7 Å². The molecule has 6 nitrogen and oxygen atoms in total. The molecule has 29 heavy (non-hydrogen) atoms. The third kappa shape index (κ3) is 6.49. The average Bonchev–Trinajstić information content (AvgIpc) is 2.66. The van der Waals surface area contributed by atoms with Crippen LogP contribution in [0.3, 0.4) is 0 Å². The maximum absolute atomic E-state index is 12.6. The van der Waals surface area contributed by atoms with Crippen molar-refractivity contribution in [1.82, 2.24) is 5.32 Å². The molecule has 2 rings (SSSR count). The molecule has 1 amide bonds. The fraction of sp³-hybridized carbons (Fsp3) is 0.409. The summed E-state index contributed by atoms with van der Waals surface area (Å²) in [5.74, 6) is 0.296. The van der Waals surface area contributed by atoms with Gasteiger partial charge in [0.15, 0.2) is 0 Å². The molecule has 0 unspecified atom stereocenters. The Kier molecular flexibility index (Phi) is 7.67. The Labute approximate surface area is 173 Å². The van der Waals surface area contributed by atoms with E-state index in [4.69, 9.17) is 4.74 Å². The second-order valence-corrected chi connectivity index (χ2v) is 9.15. The normalized spacial score (nSPS) is 12.3. The van der Waals surface area contributed by atoms with Gasteiger partial charge in [0.1, 0.15) is 12.3 Å². The number of anilines is 1. The number of nitrogens with zero attached hydrogens (tertiary/aromatic N) is 1. The van der Waals surface area contributed by atoms with Crippen molar-refractivity contribution >= 4 is 21.6 Å². The smallest absolute Gasteiger partial charge is 0.241 e. The van der Waals surface area contributed by atoms with Crippen molar-refractivity contribution in [1.29, 1.82) is 0 Å². The summed E-state index contributed by atoms with van der Waals surface area (Å²) < 4.78 is 31.2. The van der Waals surface area contributed by atoms with Crippen LogP contribution in [0.5, 0.6) is 5.75 Å². The minimum atomic E-state index is -3.62. The van der Waals surface area contributed by atoms with E-state index in [0.717, 1.165) is 28.1 Å². The summed E-state index contributed by atoms with van der Waals surface area (Å²) in [6.07, 6.45) is 1.98. The molecule has 0 radical (unpaired) electrons. The monoisotopic (exact) mass is 418 g/mol. The van der Waals surface area contributed by atoms with Crippen molar-refractivity contribution < 1.29 is 17.9 Å². The van der Waals surface area contributed by atoms with E-state index in [1.54, 1.807) is 24.3 Å². The molecule has 0 aliphatic carbocycles. The van der Waals surface area contributed by atoms with E-state index in [9.17, 15) is 13.2 Å². The van der Waals surface area contributed by atoms with Gasteiger partial charge in [-0.15, -0.1) is 0 Å². The van der Waals surface area contributed by atoms with Gasteiger partial charge in [0.05, 0.1) is 24.6 Å². The number of nitrogens with one attached hydrogen (secondary N) is 1. The summed E-state index contributed by atoms with van der Waals surface area (Å²) in [5.41, 5.74) is 3.73. The number of aryl methyl sites for hydroxylation is 2. The van der Waals surface area contributed by atoms with Crippen LogP contribution >= 0.6 is 0 Å². The first-order chi connectivity index (χ1) is 13.6. The highest BCUT2D eigenvalue weighted by atomic mass is 32.2. The topological polar surface area (TPSA) is 75.7 Å². The summed E-state index contributed by atoms with van der Waals surface area (Å²) in [6.45, 7) is 8.25. The molecule has 0 aliphatic heterocycles. The summed E-state index contributed by atoms with van der Waals surface area (Å²) in [7, 11) is -3.62. The molecule has 0 saturated heterocycles. The largest absolute Gasteiger partial charge is 0.494 e. The first-order valence-electron chi connectivity index (χ1n) is 9.69. The number of ether oxygens (including phenoxy) is 1. The number of rotatable bonds is 9. The van der Waals surface area contributed by atoms with Gasteiger partial charge in [0.25, 0.3) is 0 Å². The Bertz CT molecular complexity index is 940. The summed E-state index contributed by atoms with van der Waals surface area (Å²) in [5, 5.41) is 2.88. The van der Waals surface area contributed by atoms with Crippen LogP contribution in [0.25, 0.3) is 0 Å². The zero-order valence-corrected chi connectivity index (χ0v) is 18.5. The third-order valence-electron chi connectivity index (χ3n) is 4.69. The highest BCUT2D eigenvalue weighted by molar-refractivity contribution is 7.92. The predicted octanol–water partition coefficient (Wildman–Crippen LogP) is 3.74. The van der Waals surface area contributed by atoms with E-state index >= 15 is 0 Å². The highest BCUT2D eigenvalue weighted by Crippen LogP contribution is 2.22. The van der Waals surface area contributed by atoms with Crippen LogP contribution in [0.4, 0.5) is 5.69 Å². The van der Waals surface area contributed by atoms with Crippen molar-refractivity contribution in [2.24, 2.45) is 0 Å². The van der Waals surface area contributed by atoms with E-state index in [-0.39, 0.29) is 18.5 Å². The quantitative estimate of drug-likeness (QED) is 0.673. The number of carbonyl (C=O) groups is 1. The summed E-state index contributed by atoms with van der Waals surface area (Å²) in [4.78, 5) is 12.6. The molecule has 2 aromatic carbocycles. The summed E-state index contributed by atoms with van der Waals surface area (Å²) in [6, 6.07) is 12.5. The van der Waals surface area contributed by atoms with Gasteiger partial charge in [-0.2, -0.15) is 0 Å². The molecule has 2 aromatic rings. The maximum Gasteiger partial charge on any atom is 0.241 e. The number of amides is 1. The molecule has 0 aliphatic rings. The molecule has 1 atom stereocenters. The Morgan fingerprint density at radius 2 is 1.76 bits per heavy atom. The van der Waals surface area contributed by atoms with Gasteiger partial charge in [-0.25, -0.2) is 8.42 Å². The average molecular weight is 419 g/mol. The minimum absolute atomic E-state index is 0.229. The molecule has 0 saturated carbocycles. The molecular formula is C22H30N2O4S. The second-order valence-electron chi connectivity index (χ2n) is 7.24.